The molecule has 3 aliphatic rings. The van der Waals surface area contributed by atoms with Gasteiger partial charge in [0.15, 0.2) is 0 Å². The minimum absolute atomic E-state index is 0.186. The zero-order valence-electron chi connectivity index (χ0n) is 25.7. The van der Waals surface area contributed by atoms with Crippen LogP contribution in [0.2, 0.25) is 0 Å². The van der Waals surface area contributed by atoms with Gasteiger partial charge < -0.3 is 29.4 Å². The van der Waals surface area contributed by atoms with Crippen LogP contribution in [-0.4, -0.2) is 95.9 Å². The monoisotopic (exact) mass is 595 g/mol. The number of anilines is 2. The van der Waals surface area contributed by atoms with Crippen LogP contribution >= 0.6 is 0 Å². The number of benzene rings is 2. The number of nitrogens with zero attached hydrogens (tertiary/aromatic N) is 7. The van der Waals surface area contributed by atoms with Crippen molar-refractivity contribution in [3.63, 3.8) is 0 Å². The summed E-state index contributed by atoms with van der Waals surface area (Å²) in [5, 5.41) is 21.2. The molecular formula is C34H41N7O3. The van der Waals surface area contributed by atoms with E-state index in [2.05, 4.69) is 71.1 Å². The Bertz CT molecular complexity index is 1580. The van der Waals surface area contributed by atoms with E-state index in [4.69, 9.17) is 19.8 Å². The van der Waals surface area contributed by atoms with Crippen molar-refractivity contribution in [2.45, 2.75) is 51.2 Å². The van der Waals surface area contributed by atoms with Crippen LogP contribution in [0.1, 0.15) is 36.1 Å². The molecule has 2 aromatic carbocycles. The number of hydrogen-bond acceptors (Lipinski definition) is 9. The number of likely N-dealkylation sites (N-methyl/N-ethyl adjacent to an activating group) is 1. The van der Waals surface area contributed by atoms with Gasteiger partial charge in [-0.3, -0.25) is 4.79 Å². The number of carbonyl (C=O) groups excluding carboxylic acids is 1. The van der Waals surface area contributed by atoms with Crippen molar-refractivity contribution >= 4 is 28.2 Å². The molecule has 0 aliphatic carbocycles. The van der Waals surface area contributed by atoms with Crippen LogP contribution < -0.4 is 14.5 Å². The predicted octanol–water partition coefficient (Wildman–Crippen LogP) is 3.45. The zero-order valence-corrected chi connectivity index (χ0v) is 25.7. The lowest BCUT2D eigenvalue weighted by atomic mass is 9.99. The summed E-state index contributed by atoms with van der Waals surface area (Å²) in [5.41, 5.74) is 4.53. The fourth-order valence-corrected chi connectivity index (χ4v) is 6.92. The molecule has 0 unspecified atom stereocenters. The number of ether oxygens (including phenoxy) is 1. The minimum Gasteiger partial charge on any atom is -0.462 e. The molecule has 10 nitrogen and oxygen atoms in total. The van der Waals surface area contributed by atoms with E-state index < -0.39 is 0 Å². The summed E-state index contributed by atoms with van der Waals surface area (Å²) in [6, 6.07) is 15.6. The first kappa shape index (κ1) is 29.9. The molecule has 2 fully saturated rings. The van der Waals surface area contributed by atoms with E-state index in [1.807, 2.05) is 0 Å². The first-order valence-corrected chi connectivity index (χ1v) is 15.6. The Morgan fingerprint density at radius 3 is 2.73 bits per heavy atom. The molecule has 0 radical (unpaired) electrons. The van der Waals surface area contributed by atoms with E-state index >= 15 is 0 Å². The molecule has 2 saturated heterocycles. The van der Waals surface area contributed by atoms with E-state index in [-0.39, 0.29) is 25.0 Å². The van der Waals surface area contributed by atoms with Gasteiger partial charge in [0.05, 0.1) is 37.4 Å². The molecule has 6 rings (SSSR count). The Morgan fingerprint density at radius 2 is 1.95 bits per heavy atom. The predicted molar refractivity (Wildman–Crippen MR) is 171 cm³/mol. The molecule has 0 bridgehead atoms. The van der Waals surface area contributed by atoms with Crippen molar-refractivity contribution in [3.8, 4) is 12.1 Å². The highest BCUT2D eigenvalue weighted by atomic mass is 16.5. The molecule has 2 atom stereocenters. The van der Waals surface area contributed by atoms with Crippen LogP contribution in [0.5, 0.6) is 6.01 Å². The maximum atomic E-state index is 12.8. The molecular weight excluding hydrogens is 554 g/mol. The summed E-state index contributed by atoms with van der Waals surface area (Å²) in [5.74, 6) is 0.661. The van der Waals surface area contributed by atoms with Gasteiger partial charge in [-0.15, -0.1) is 0 Å². The van der Waals surface area contributed by atoms with Crippen LogP contribution in [-0.2, 0) is 17.8 Å². The van der Waals surface area contributed by atoms with Crippen LogP contribution in [0.3, 0.4) is 0 Å². The zero-order chi connectivity index (χ0) is 30.6. The topological polar surface area (TPSA) is 109 Å². The van der Waals surface area contributed by atoms with Gasteiger partial charge in [0.25, 0.3) is 0 Å². The third-order valence-electron chi connectivity index (χ3n) is 9.29. The van der Waals surface area contributed by atoms with E-state index in [0.29, 0.717) is 44.8 Å². The van der Waals surface area contributed by atoms with Gasteiger partial charge in [-0.2, -0.15) is 15.2 Å². The molecule has 1 aromatic heterocycles. The van der Waals surface area contributed by atoms with Crippen LogP contribution in [0.4, 0.5) is 11.5 Å². The summed E-state index contributed by atoms with van der Waals surface area (Å²) in [6.07, 6.45) is 6.08. The summed E-state index contributed by atoms with van der Waals surface area (Å²) in [4.78, 5) is 31.5. The maximum Gasteiger partial charge on any atom is 0.318 e. The number of nitriles is 1. The number of amides is 1. The van der Waals surface area contributed by atoms with E-state index in [1.165, 1.54) is 34.2 Å². The summed E-state index contributed by atoms with van der Waals surface area (Å²) in [7, 11) is 2.13. The molecule has 230 valence electrons. The average molecular weight is 596 g/mol. The Kier molecular flexibility index (Phi) is 8.96. The summed E-state index contributed by atoms with van der Waals surface area (Å²) < 4.78 is 6.31. The Morgan fingerprint density at radius 1 is 1.11 bits per heavy atom. The fourth-order valence-electron chi connectivity index (χ4n) is 6.92. The molecule has 10 heteroatoms. The second-order valence-electron chi connectivity index (χ2n) is 12.0. The van der Waals surface area contributed by atoms with E-state index in [1.54, 1.807) is 4.90 Å². The van der Waals surface area contributed by atoms with Crippen molar-refractivity contribution in [2.24, 2.45) is 0 Å². The van der Waals surface area contributed by atoms with E-state index in [0.717, 1.165) is 49.4 Å². The summed E-state index contributed by atoms with van der Waals surface area (Å²) >= 11 is 0. The van der Waals surface area contributed by atoms with Crippen molar-refractivity contribution in [1.82, 2.24) is 19.8 Å². The van der Waals surface area contributed by atoms with Gasteiger partial charge in [-0.1, -0.05) is 36.4 Å². The van der Waals surface area contributed by atoms with Gasteiger partial charge in [-0.05, 0) is 56.8 Å². The lowest BCUT2D eigenvalue weighted by Gasteiger charge is -2.42. The first-order valence-electron chi connectivity index (χ1n) is 15.6. The van der Waals surface area contributed by atoms with Crippen molar-refractivity contribution in [1.29, 1.82) is 5.26 Å². The third-order valence-corrected chi connectivity index (χ3v) is 9.29. The number of piperazine rings is 1. The highest BCUT2D eigenvalue weighted by molar-refractivity contribution is 5.97. The number of rotatable bonds is 8. The number of carbonyl (C=O) groups is 1. The number of likely N-dealkylation sites (tertiary alicyclic amines) is 1. The SMILES string of the molecule is Cc1cccc2cccc(N3CCc4c(nc(OC[C@@H]5CCCN5C)nc4N4CCN(C(=O)/C=C/CO)[C@@H](CC#N)C4)C3)c12. The molecule has 3 aliphatic heterocycles. The quantitative estimate of drug-likeness (QED) is 0.392. The molecule has 0 spiro atoms. The van der Waals surface area contributed by atoms with Gasteiger partial charge in [0.2, 0.25) is 5.91 Å². The van der Waals surface area contributed by atoms with Gasteiger partial charge in [-0.25, -0.2) is 0 Å². The van der Waals surface area contributed by atoms with Crippen molar-refractivity contribution in [3.05, 3.63) is 65.4 Å². The summed E-state index contributed by atoms with van der Waals surface area (Å²) in [6.45, 7) is 6.59. The second-order valence-corrected chi connectivity index (χ2v) is 12.0. The Hall–Kier alpha value is -4.20. The Balaban J connectivity index is 1.32. The third kappa shape index (κ3) is 6.07. The smallest absolute Gasteiger partial charge is 0.318 e. The number of aromatic nitrogens is 2. The Labute approximate surface area is 259 Å². The number of aliphatic hydroxyl groups excluding tert-OH is 1. The van der Waals surface area contributed by atoms with Gasteiger partial charge in [0, 0.05) is 54.9 Å². The fraction of sp³-hybridized carbons (Fsp3) is 0.471. The molecule has 1 N–H and O–H groups in total. The normalized spacial score (nSPS) is 20.7. The maximum absolute atomic E-state index is 12.8. The molecule has 44 heavy (non-hydrogen) atoms. The lowest BCUT2D eigenvalue weighted by Crippen LogP contribution is -2.55. The molecule has 0 saturated carbocycles. The van der Waals surface area contributed by atoms with Gasteiger partial charge in [0.1, 0.15) is 12.4 Å². The molecule has 4 heterocycles. The first-order chi connectivity index (χ1) is 21.5. The number of hydrogen-bond donors (Lipinski definition) is 1. The minimum atomic E-state index is -0.287. The van der Waals surface area contributed by atoms with Crippen molar-refractivity contribution in [2.75, 3.05) is 62.8 Å². The highest BCUT2D eigenvalue weighted by Crippen LogP contribution is 2.36. The molecule has 1 amide bonds. The van der Waals surface area contributed by atoms with Crippen LogP contribution in [0, 0.1) is 18.3 Å². The standard InChI is InChI=1S/C34H41N7O3/c1-24-7-3-8-25-9-4-11-30(32(24)25)39-17-14-28-29(22-39)36-34(44-23-27-10-5-16-38(27)2)37-33(28)40-18-19-41(26(21-40)13-15-35)31(43)12-6-20-42/h3-4,6-9,11-12,26-27,42H,5,10,13-14,16-23H2,1-2H3/b12-6+/t26-,27-/m0/s1. The molecule has 3 aromatic rings. The number of fused-ring (bicyclic) bond motifs is 2. The van der Waals surface area contributed by atoms with E-state index in [9.17, 15) is 10.1 Å². The average Bonchev–Trinajstić information content (AvgIpc) is 3.46. The van der Waals surface area contributed by atoms with Crippen molar-refractivity contribution < 1.29 is 14.6 Å². The number of aliphatic hydroxyl groups is 1. The number of aryl methyl sites for hydroxylation is 1. The van der Waals surface area contributed by atoms with Crippen LogP contribution in [0.15, 0.2) is 48.6 Å². The van der Waals surface area contributed by atoms with Gasteiger partial charge >= 0.3 is 6.01 Å². The lowest BCUT2D eigenvalue weighted by molar-refractivity contribution is -0.128. The highest BCUT2D eigenvalue weighted by Gasteiger charge is 2.34. The largest absolute Gasteiger partial charge is 0.462 e. The van der Waals surface area contributed by atoms with Crippen LogP contribution in [0.25, 0.3) is 10.8 Å². The second kappa shape index (κ2) is 13.2.